The number of rotatable bonds is 5. The van der Waals surface area contributed by atoms with Gasteiger partial charge in [-0.15, -0.1) is 18.3 Å². The predicted molar refractivity (Wildman–Crippen MR) is 94.6 cm³/mol. The highest BCUT2D eigenvalue weighted by Gasteiger charge is 2.51. The second kappa shape index (κ2) is 9.06. The van der Waals surface area contributed by atoms with Crippen LogP contribution in [0.5, 0.6) is 5.75 Å². The molecule has 7 nitrogen and oxygen atoms in total. The van der Waals surface area contributed by atoms with Crippen LogP contribution in [0.1, 0.15) is 19.8 Å². The lowest BCUT2D eigenvalue weighted by molar-refractivity contribution is -0.132. The molecule has 0 atom stereocenters. The highest BCUT2D eigenvalue weighted by Crippen LogP contribution is 2.34. The summed E-state index contributed by atoms with van der Waals surface area (Å²) in [7, 11) is -3.97. The molecule has 0 radical (unpaired) electrons. The number of benzene rings is 1. The quantitative estimate of drug-likeness (QED) is 0.393. The Kier molecular flexibility index (Phi) is 7.70. The molecular formula is C16H21ClN2O5S. The molecule has 1 aliphatic heterocycles. The average Bonchev–Trinajstić information content (AvgIpc) is 2.62. The van der Waals surface area contributed by atoms with Crippen LogP contribution >= 0.6 is 12.4 Å². The fourth-order valence-corrected chi connectivity index (χ4v) is 4.66. The number of amides is 1. The number of hydrogen-bond acceptors (Lipinski definition) is 6. The topological polar surface area (TPSA) is 105 Å². The molecule has 1 aliphatic rings. The maximum Gasteiger partial charge on any atom is 0.265 e. The second-order valence-electron chi connectivity index (χ2n) is 5.38. The van der Waals surface area contributed by atoms with E-state index in [1.807, 2.05) is 0 Å². The zero-order valence-corrected chi connectivity index (χ0v) is 15.4. The first-order chi connectivity index (χ1) is 11.5. The van der Waals surface area contributed by atoms with E-state index in [0.717, 1.165) is 0 Å². The van der Waals surface area contributed by atoms with Crippen molar-refractivity contribution in [2.45, 2.75) is 29.4 Å². The highest BCUT2D eigenvalue weighted by molar-refractivity contribution is 7.93. The number of piperidine rings is 1. The van der Waals surface area contributed by atoms with Gasteiger partial charge < -0.3 is 10.1 Å². The first-order valence-electron chi connectivity index (χ1n) is 7.50. The normalized spacial score (nSPS) is 15.9. The molecule has 1 heterocycles. The second-order valence-corrected chi connectivity index (χ2v) is 7.64. The van der Waals surface area contributed by atoms with Crippen molar-refractivity contribution in [2.24, 2.45) is 0 Å². The number of carbonyl (C=O) groups is 1. The summed E-state index contributed by atoms with van der Waals surface area (Å²) >= 11 is 0. The van der Waals surface area contributed by atoms with E-state index in [-0.39, 0.29) is 36.8 Å². The molecular weight excluding hydrogens is 368 g/mol. The molecule has 1 amide bonds. The zero-order chi connectivity index (χ0) is 17.6. The molecule has 3 N–H and O–H groups in total. The molecule has 0 aliphatic carbocycles. The fraction of sp³-hybridized carbons (Fsp3) is 0.438. The van der Waals surface area contributed by atoms with Crippen LogP contribution < -0.4 is 15.5 Å². The third-order valence-corrected chi connectivity index (χ3v) is 6.58. The Morgan fingerprint density at radius 3 is 2.44 bits per heavy atom. The molecule has 0 spiro atoms. The van der Waals surface area contributed by atoms with Crippen LogP contribution in [0.15, 0.2) is 29.2 Å². The molecule has 2 rings (SSSR count). The van der Waals surface area contributed by atoms with Gasteiger partial charge in [-0.05, 0) is 57.1 Å². The van der Waals surface area contributed by atoms with Crippen molar-refractivity contribution < 1.29 is 23.2 Å². The Morgan fingerprint density at radius 2 is 1.92 bits per heavy atom. The summed E-state index contributed by atoms with van der Waals surface area (Å²) in [6.07, 6.45) is 0.179. The van der Waals surface area contributed by atoms with Gasteiger partial charge in [-0.3, -0.25) is 10.0 Å². The van der Waals surface area contributed by atoms with Crippen molar-refractivity contribution in [1.29, 1.82) is 0 Å². The van der Waals surface area contributed by atoms with Gasteiger partial charge in [0.1, 0.15) is 12.4 Å². The Morgan fingerprint density at radius 1 is 1.32 bits per heavy atom. The van der Waals surface area contributed by atoms with Crippen LogP contribution in [0, 0.1) is 11.8 Å². The number of nitrogens with one attached hydrogen (secondary N) is 2. The van der Waals surface area contributed by atoms with Crippen LogP contribution in [-0.4, -0.2) is 44.0 Å². The number of carbonyl (C=O) groups excluding carboxylic acids is 1. The molecule has 0 bridgehead atoms. The Hall–Kier alpha value is -1.79. The van der Waals surface area contributed by atoms with E-state index in [4.69, 9.17) is 9.94 Å². The van der Waals surface area contributed by atoms with Gasteiger partial charge in [0.2, 0.25) is 0 Å². The van der Waals surface area contributed by atoms with Gasteiger partial charge >= 0.3 is 0 Å². The molecule has 0 aromatic heterocycles. The van der Waals surface area contributed by atoms with Crippen molar-refractivity contribution in [3.63, 3.8) is 0 Å². The highest BCUT2D eigenvalue weighted by atomic mass is 35.5. The third kappa shape index (κ3) is 4.25. The molecule has 1 aromatic carbocycles. The summed E-state index contributed by atoms with van der Waals surface area (Å²) in [5, 5.41) is 12.0. The van der Waals surface area contributed by atoms with E-state index in [2.05, 4.69) is 17.2 Å². The monoisotopic (exact) mass is 388 g/mol. The number of halogens is 1. The third-order valence-electron chi connectivity index (χ3n) is 4.06. The minimum atomic E-state index is -3.97. The van der Waals surface area contributed by atoms with Crippen molar-refractivity contribution in [3.8, 4) is 17.6 Å². The standard InChI is InChI=1S/C16H20N2O5S.ClH/c1-2-3-12-23-13-4-6-14(7-5-13)24(21,22)16(15(19)18-20)8-10-17-11-9-16;/h4-7,17,20H,8-12H2,1H3,(H,18,19);1H. The van der Waals surface area contributed by atoms with Crippen molar-refractivity contribution >= 4 is 28.2 Å². The van der Waals surface area contributed by atoms with E-state index in [1.165, 1.54) is 29.7 Å². The smallest absolute Gasteiger partial charge is 0.265 e. The maximum absolute atomic E-state index is 13.0. The Bertz CT molecular complexity index is 747. The summed E-state index contributed by atoms with van der Waals surface area (Å²) in [5.41, 5.74) is 1.51. The lowest BCUT2D eigenvalue weighted by atomic mass is 9.96. The van der Waals surface area contributed by atoms with Crippen LogP contribution in [0.4, 0.5) is 0 Å². The summed E-state index contributed by atoms with van der Waals surface area (Å²) in [5.74, 6) is 5.03. The fourth-order valence-electron chi connectivity index (χ4n) is 2.68. The summed E-state index contributed by atoms with van der Waals surface area (Å²) in [6, 6.07) is 5.85. The largest absolute Gasteiger partial charge is 0.481 e. The average molecular weight is 389 g/mol. The molecule has 1 aromatic rings. The summed E-state index contributed by atoms with van der Waals surface area (Å²) < 4.78 is 29.7. The van der Waals surface area contributed by atoms with Gasteiger partial charge in [0, 0.05) is 0 Å². The van der Waals surface area contributed by atoms with Gasteiger partial charge in [0.25, 0.3) is 5.91 Å². The molecule has 0 saturated carbocycles. The molecule has 9 heteroatoms. The van der Waals surface area contributed by atoms with Gasteiger partial charge in [-0.2, -0.15) is 0 Å². The van der Waals surface area contributed by atoms with Crippen molar-refractivity contribution in [1.82, 2.24) is 10.8 Å². The van der Waals surface area contributed by atoms with E-state index in [0.29, 0.717) is 18.8 Å². The molecule has 25 heavy (non-hydrogen) atoms. The van der Waals surface area contributed by atoms with Gasteiger partial charge in [-0.25, -0.2) is 13.9 Å². The first kappa shape index (κ1) is 21.3. The molecule has 1 fully saturated rings. The van der Waals surface area contributed by atoms with Crippen molar-refractivity contribution in [3.05, 3.63) is 24.3 Å². The molecule has 0 unspecified atom stereocenters. The maximum atomic E-state index is 13.0. The minimum absolute atomic E-state index is 0. The van der Waals surface area contributed by atoms with Crippen LogP contribution in [-0.2, 0) is 14.6 Å². The number of sulfone groups is 1. The first-order valence-corrected chi connectivity index (χ1v) is 8.98. The van der Waals surface area contributed by atoms with Gasteiger partial charge in [-0.1, -0.05) is 5.92 Å². The molecule has 138 valence electrons. The number of hydrogen-bond donors (Lipinski definition) is 3. The van der Waals surface area contributed by atoms with Crippen LogP contribution in [0.3, 0.4) is 0 Å². The lowest BCUT2D eigenvalue weighted by Crippen LogP contribution is -2.57. The number of ether oxygens (including phenoxy) is 1. The van der Waals surface area contributed by atoms with E-state index < -0.39 is 20.5 Å². The van der Waals surface area contributed by atoms with Gasteiger partial charge in [0.05, 0.1) is 4.90 Å². The molecule has 1 saturated heterocycles. The zero-order valence-electron chi connectivity index (χ0n) is 13.7. The Labute approximate surface area is 153 Å². The van der Waals surface area contributed by atoms with E-state index >= 15 is 0 Å². The Balaban J connectivity index is 0.00000312. The minimum Gasteiger partial charge on any atom is -0.481 e. The lowest BCUT2D eigenvalue weighted by Gasteiger charge is -2.34. The summed E-state index contributed by atoms with van der Waals surface area (Å²) in [6.45, 7) is 2.67. The van der Waals surface area contributed by atoms with Crippen LogP contribution in [0.25, 0.3) is 0 Å². The predicted octanol–water partition coefficient (Wildman–Crippen LogP) is 0.912. The summed E-state index contributed by atoms with van der Waals surface area (Å²) in [4.78, 5) is 12.2. The SMILES string of the molecule is CC#CCOc1ccc(S(=O)(=O)C2(C(=O)NO)CCNCC2)cc1.Cl. The van der Waals surface area contributed by atoms with E-state index in [9.17, 15) is 13.2 Å². The van der Waals surface area contributed by atoms with Crippen molar-refractivity contribution in [2.75, 3.05) is 19.7 Å². The van der Waals surface area contributed by atoms with Gasteiger partial charge in [0.15, 0.2) is 14.6 Å². The van der Waals surface area contributed by atoms with Crippen LogP contribution in [0.2, 0.25) is 0 Å². The number of hydroxylamine groups is 1. The van der Waals surface area contributed by atoms with E-state index in [1.54, 1.807) is 6.92 Å².